The van der Waals surface area contributed by atoms with Crippen LogP contribution in [0.15, 0.2) is 24.3 Å². The van der Waals surface area contributed by atoms with Crippen LogP contribution in [0.5, 0.6) is 0 Å². The van der Waals surface area contributed by atoms with Crippen molar-refractivity contribution < 1.29 is 0 Å². The minimum Gasteiger partial charge on any atom is -0.313 e. The zero-order chi connectivity index (χ0) is 10.8. The first-order valence-electron chi connectivity index (χ1n) is 6.76. The molecule has 2 atom stereocenters. The Morgan fingerprint density at radius 2 is 1.94 bits per heavy atom. The zero-order valence-electron chi connectivity index (χ0n) is 9.91. The van der Waals surface area contributed by atoms with E-state index in [9.17, 15) is 0 Å². The Hall–Kier alpha value is -0.820. The Morgan fingerprint density at radius 1 is 1.00 bits per heavy atom. The van der Waals surface area contributed by atoms with Gasteiger partial charge in [-0.25, -0.2) is 0 Å². The maximum absolute atomic E-state index is 3.69. The van der Waals surface area contributed by atoms with Crippen molar-refractivity contribution in [1.82, 2.24) is 5.32 Å². The summed E-state index contributed by atoms with van der Waals surface area (Å²) in [6.45, 7) is 1.23. The van der Waals surface area contributed by atoms with Crippen molar-refractivity contribution in [3.63, 3.8) is 0 Å². The van der Waals surface area contributed by atoms with Gasteiger partial charge in [0.2, 0.25) is 0 Å². The lowest BCUT2D eigenvalue weighted by Crippen LogP contribution is -2.29. The van der Waals surface area contributed by atoms with E-state index in [-0.39, 0.29) is 0 Å². The summed E-state index contributed by atoms with van der Waals surface area (Å²) in [6.07, 6.45) is 8.19. The van der Waals surface area contributed by atoms with E-state index in [4.69, 9.17) is 0 Å². The second-order valence-corrected chi connectivity index (χ2v) is 5.25. The highest BCUT2D eigenvalue weighted by Gasteiger charge is 2.28. The van der Waals surface area contributed by atoms with Gasteiger partial charge in [-0.1, -0.05) is 30.7 Å². The molecule has 1 aromatic carbocycles. The van der Waals surface area contributed by atoms with E-state index in [0.717, 1.165) is 12.0 Å². The van der Waals surface area contributed by atoms with E-state index in [0.29, 0.717) is 0 Å². The standard InChI is InChI=1S/C15H21N/c1-3-8-13-12(6-1)7-2-4-9-14(13)15-10-5-11-16-15/h1,3,6,8,14-16H,2,4-5,7,9-11H2/t14-,15+/m0/s1. The fourth-order valence-corrected chi connectivity index (χ4v) is 3.43. The molecule has 0 spiro atoms. The normalized spacial score (nSPS) is 29.8. The molecule has 1 nitrogen and oxygen atoms in total. The van der Waals surface area contributed by atoms with Gasteiger partial charge in [-0.15, -0.1) is 0 Å². The van der Waals surface area contributed by atoms with Gasteiger partial charge >= 0.3 is 0 Å². The number of aryl methyl sites for hydroxylation is 1. The molecule has 0 aromatic heterocycles. The molecule has 3 rings (SSSR count). The SMILES string of the molecule is c1ccc2c(c1)CCCC[C@@H]2[C@H]1CCCN1. The van der Waals surface area contributed by atoms with Gasteiger partial charge in [0.25, 0.3) is 0 Å². The minimum atomic E-state index is 0.749. The predicted octanol–water partition coefficient (Wildman–Crippen LogP) is 3.25. The molecule has 1 aliphatic carbocycles. The second kappa shape index (κ2) is 4.58. The predicted molar refractivity (Wildman–Crippen MR) is 67.8 cm³/mol. The summed E-state index contributed by atoms with van der Waals surface area (Å²) < 4.78 is 0. The van der Waals surface area contributed by atoms with Gasteiger partial charge in [0, 0.05) is 6.04 Å². The first-order valence-corrected chi connectivity index (χ1v) is 6.76. The molecule has 1 fully saturated rings. The van der Waals surface area contributed by atoms with Crippen molar-refractivity contribution in [2.75, 3.05) is 6.54 Å². The lowest BCUT2D eigenvalue weighted by atomic mass is 9.86. The average molecular weight is 215 g/mol. The van der Waals surface area contributed by atoms with Crippen LogP contribution in [0.25, 0.3) is 0 Å². The van der Waals surface area contributed by atoms with Gasteiger partial charge in [-0.05, 0) is 55.7 Å². The van der Waals surface area contributed by atoms with Crippen LogP contribution >= 0.6 is 0 Å². The molecule has 1 heteroatoms. The van der Waals surface area contributed by atoms with Crippen molar-refractivity contribution >= 4 is 0 Å². The van der Waals surface area contributed by atoms with Crippen LogP contribution in [0.2, 0.25) is 0 Å². The van der Waals surface area contributed by atoms with E-state index >= 15 is 0 Å². The van der Waals surface area contributed by atoms with Gasteiger partial charge in [-0.3, -0.25) is 0 Å². The number of hydrogen-bond acceptors (Lipinski definition) is 1. The van der Waals surface area contributed by atoms with Gasteiger partial charge in [0.15, 0.2) is 0 Å². The van der Waals surface area contributed by atoms with Crippen LogP contribution in [-0.2, 0) is 6.42 Å². The van der Waals surface area contributed by atoms with Crippen LogP contribution in [-0.4, -0.2) is 12.6 Å². The maximum Gasteiger partial charge on any atom is 0.0136 e. The van der Waals surface area contributed by atoms with E-state index < -0.39 is 0 Å². The lowest BCUT2D eigenvalue weighted by Gasteiger charge is -2.24. The monoisotopic (exact) mass is 215 g/mol. The Balaban J connectivity index is 1.92. The summed E-state index contributed by atoms with van der Waals surface area (Å²) in [5.74, 6) is 0.779. The van der Waals surface area contributed by atoms with Crippen molar-refractivity contribution in [2.24, 2.45) is 0 Å². The molecule has 0 radical (unpaired) electrons. The summed E-state index contributed by atoms with van der Waals surface area (Å²) in [5.41, 5.74) is 3.25. The summed E-state index contributed by atoms with van der Waals surface area (Å²) >= 11 is 0. The molecule has 1 aromatic rings. The number of nitrogens with one attached hydrogen (secondary N) is 1. The molecular weight excluding hydrogens is 194 g/mol. The molecule has 0 amide bonds. The van der Waals surface area contributed by atoms with Crippen LogP contribution in [0.4, 0.5) is 0 Å². The summed E-state index contributed by atoms with van der Waals surface area (Å²) in [4.78, 5) is 0. The van der Waals surface area contributed by atoms with E-state index in [1.807, 2.05) is 0 Å². The molecule has 86 valence electrons. The molecule has 1 saturated heterocycles. The molecule has 0 bridgehead atoms. The molecule has 1 heterocycles. The fourth-order valence-electron chi connectivity index (χ4n) is 3.43. The molecule has 0 unspecified atom stereocenters. The number of benzene rings is 1. The maximum atomic E-state index is 3.69. The Kier molecular flexibility index (Phi) is 2.96. The average Bonchev–Trinajstić information content (AvgIpc) is 2.76. The van der Waals surface area contributed by atoms with Gasteiger partial charge in [-0.2, -0.15) is 0 Å². The highest BCUT2D eigenvalue weighted by molar-refractivity contribution is 5.32. The highest BCUT2D eigenvalue weighted by Crippen LogP contribution is 2.35. The first-order chi connectivity index (χ1) is 7.95. The Labute approximate surface area is 98.3 Å². The number of rotatable bonds is 1. The van der Waals surface area contributed by atoms with Crippen molar-refractivity contribution in [3.05, 3.63) is 35.4 Å². The molecule has 0 saturated carbocycles. The summed E-state index contributed by atoms with van der Waals surface area (Å²) in [7, 11) is 0. The van der Waals surface area contributed by atoms with Crippen LogP contribution in [0, 0.1) is 0 Å². The van der Waals surface area contributed by atoms with Crippen molar-refractivity contribution in [1.29, 1.82) is 0 Å². The summed E-state index contributed by atoms with van der Waals surface area (Å²) in [5, 5.41) is 3.69. The number of hydrogen-bond donors (Lipinski definition) is 1. The third-order valence-corrected chi connectivity index (χ3v) is 4.25. The lowest BCUT2D eigenvalue weighted by molar-refractivity contribution is 0.456. The summed E-state index contributed by atoms with van der Waals surface area (Å²) in [6, 6.07) is 9.86. The third kappa shape index (κ3) is 1.89. The third-order valence-electron chi connectivity index (χ3n) is 4.25. The zero-order valence-corrected chi connectivity index (χ0v) is 9.91. The van der Waals surface area contributed by atoms with Crippen molar-refractivity contribution in [3.8, 4) is 0 Å². The van der Waals surface area contributed by atoms with Crippen LogP contribution < -0.4 is 5.32 Å². The molecule has 2 aliphatic rings. The Bertz CT molecular complexity index is 352. The topological polar surface area (TPSA) is 12.0 Å². The second-order valence-electron chi connectivity index (χ2n) is 5.25. The largest absolute Gasteiger partial charge is 0.313 e. The van der Waals surface area contributed by atoms with Crippen molar-refractivity contribution in [2.45, 2.75) is 50.5 Å². The van der Waals surface area contributed by atoms with Gasteiger partial charge < -0.3 is 5.32 Å². The quantitative estimate of drug-likeness (QED) is 0.709. The smallest absolute Gasteiger partial charge is 0.0136 e. The molecule has 1 N–H and O–H groups in total. The molecular formula is C15H21N. The van der Waals surface area contributed by atoms with E-state index in [2.05, 4.69) is 29.6 Å². The van der Waals surface area contributed by atoms with Crippen LogP contribution in [0.1, 0.15) is 49.1 Å². The van der Waals surface area contributed by atoms with E-state index in [1.54, 1.807) is 11.1 Å². The molecule has 16 heavy (non-hydrogen) atoms. The highest BCUT2D eigenvalue weighted by atomic mass is 14.9. The first kappa shape index (κ1) is 10.3. The fraction of sp³-hybridized carbons (Fsp3) is 0.600. The van der Waals surface area contributed by atoms with Crippen LogP contribution in [0.3, 0.4) is 0 Å². The minimum absolute atomic E-state index is 0.749. The number of fused-ring (bicyclic) bond motifs is 1. The Morgan fingerprint density at radius 3 is 2.81 bits per heavy atom. The van der Waals surface area contributed by atoms with E-state index in [1.165, 1.54) is 45.1 Å². The van der Waals surface area contributed by atoms with Gasteiger partial charge in [0.1, 0.15) is 0 Å². The molecule has 1 aliphatic heterocycles. The van der Waals surface area contributed by atoms with Gasteiger partial charge in [0.05, 0.1) is 0 Å².